The minimum Gasteiger partial charge on any atom is -0.465 e. The van der Waals surface area contributed by atoms with E-state index >= 15 is 0 Å². The van der Waals surface area contributed by atoms with Crippen molar-refractivity contribution >= 4 is 34.9 Å². The summed E-state index contributed by atoms with van der Waals surface area (Å²) in [6, 6.07) is 7.15. The van der Waals surface area contributed by atoms with Gasteiger partial charge in [0, 0.05) is 12.4 Å². The average molecular weight is 385 g/mol. The highest BCUT2D eigenvalue weighted by Gasteiger charge is 2.10. The Kier molecular flexibility index (Phi) is 6.63. The van der Waals surface area contributed by atoms with Crippen molar-refractivity contribution in [2.24, 2.45) is 0 Å². The number of methoxy groups -OCH3 is 1. The Balaban J connectivity index is 2.12. The standard InChI is InChI=1S/C16H14ClFN2O4S/c1-24-16(21)12-3-4-13(19-9-12)10-20(25(22)23)7-6-11-2-5-15(18)14(17)8-11/h2-9H,10H2,1H3,(H,22,23). The fourth-order valence-electron chi connectivity index (χ4n) is 1.86. The van der Waals surface area contributed by atoms with Gasteiger partial charge in [0.1, 0.15) is 5.82 Å². The third-order valence-electron chi connectivity index (χ3n) is 3.14. The highest BCUT2D eigenvalue weighted by atomic mass is 35.5. The van der Waals surface area contributed by atoms with E-state index in [-0.39, 0.29) is 17.1 Å². The number of pyridine rings is 1. The predicted molar refractivity (Wildman–Crippen MR) is 92.3 cm³/mol. The van der Waals surface area contributed by atoms with Crippen molar-refractivity contribution in [2.45, 2.75) is 6.54 Å². The number of hydrogen-bond donors (Lipinski definition) is 1. The molecule has 2 aromatic rings. The number of rotatable bonds is 6. The highest BCUT2D eigenvalue weighted by molar-refractivity contribution is 7.76. The number of ether oxygens (including phenoxy) is 1. The van der Waals surface area contributed by atoms with Crippen LogP contribution in [0.5, 0.6) is 0 Å². The number of carbonyl (C=O) groups excluding carboxylic acids is 1. The van der Waals surface area contributed by atoms with Crippen LogP contribution in [0.25, 0.3) is 6.08 Å². The first-order valence-electron chi connectivity index (χ1n) is 6.95. The van der Waals surface area contributed by atoms with E-state index in [1.165, 1.54) is 49.8 Å². The summed E-state index contributed by atoms with van der Waals surface area (Å²) in [5.41, 5.74) is 1.31. The zero-order valence-corrected chi connectivity index (χ0v) is 14.6. The summed E-state index contributed by atoms with van der Waals surface area (Å²) in [5, 5.41) is -0.0427. The fourth-order valence-corrected chi connectivity index (χ4v) is 2.46. The van der Waals surface area contributed by atoms with Crippen molar-refractivity contribution in [3.05, 3.63) is 70.4 Å². The molecule has 0 saturated carbocycles. The van der Waals surface area contributed by atoms with E-state index in [4.69, 9.17) is 11.6 Å². The lowest BCUT2D eigenvalue weighted by Crippen LogP contribution is -2.19. The second-order valence-corrected chi connectivity index (χ2v) is 6.16. The van der Waals surface area contributed by atoms with Crippen LogP contribution in [-0.4, -0.2) is 31.1 Å². The van der Waals surface area contributed by atoms with Crippen molar-refractivity contribution in [2.75, 3.05) is 7.11 Å². The van der Waals surface area contributed by atoms with E-state index in [0.29, 0.717) is 11.3 Å². The topological polar surface area (TPSA) is 79.7 Å². The summed E-state index contributed by atoms with van der Waals surface area (Å²) in [4.78, 5) is 15.4. The van der Waals surface area contributed by atoms with Gasteiger partial charge < -0.3 is 4.74 Å². The Labute approximate surface area is 151 Å². The molecule has 0 aliphatic heterocycles. The van der Waals surface area contributed by atoms with Crippen molar-refractivity contribution in [1.82, 2.24) is 9.29 Å². The van der Waals surface area contributed by atoms with E-state index in [1.54, 1.807) is 6.07 Å². The third kappa shape index (κ3) is 5.35. The molecule has 0 aliphatic rings. The lowest BCUT2D eigenvalue weighted by molar-refractivity contribution is 0.0600. The van der Waals surface area contributed by atoms with Gasteiger partial charge in [-0.15, -0.1) is 0 Å². The molecule has 1 unspecified atom stereocenters. The van der Waals surface area contributed by atoms with Gasteiger partial charge in [-0.2, -0.15) is 0 Å². The zero-order chi connectivity index (χ0) is 18.4. The highest BCUT2D eigenvalue weighted by Crippen LogP contribution is 2.17. The number of hydrogen-bond acceptors (Lipinski definition) is 4. The van der Waals surface area contributed by atoms with Crippen LogP contribution < -0.4 is 0 Å². The summed E-state index contributed by atoms with van der Waals surface area (Å²) in [6.07, 6.45) is 4.21. The van der Waals surface area contributed by atoms with E-state index in [9.17, 15) is 17.9 Å². The van der Waals surface area contributed by atoms with Gasteiger partial charge in [0.25, 0.3) is 11.3 Å². The van der Waals surface area contributed by atoms with Crippen LogP contribution in [0.4, 0.5) is 4.39 Å². The Bertz CT molecular complexity index is 814. The number of aromatic nitrogens is 1. The Morgan fingerprint density at radius 3 is 2.76 bits per heavy atom. The smallest absolute Gasteiger partial charge is 0.339 e. The van der Waals surface area contributed by atoms with Crippen LogP contribution in [0.3, 0.4) is 0 Å². The maximum Gasteiger partial charge on any atom is 0.339 e. The fraction of sp³-hybridized carbons (Fsp3) is 0.125. The summed E-state index contributed by atoms with van der Waals surface area (Å²) in [7, 11) is 1.26. The molecule has 0 saturated heterocycles. The van der Waals surface area contributed by atoms with Crippen LogP contribution in [0.1, 0.15) is 21.6 Å². The molecule has 0 fully saturated rings. The summed E-state index contributed by atoms with van der Waals surface area (Å²) in [6.45, 7) is 0.0238. The number of halogens is 2. The van der Waals surface area contributed by atoms with Gasteiger partial charge in [0.05, 0.1) is 29.9 Å². The van der Waals surface area contributed by atoms with E-state index in [2.05, 4.69) is 9.72 Å². The molecule has 132 valence electrons. The molecule has 1 atom stereocenters. The Morgan fingerprint density at radius 1 is 1.44 bits per heavy atom. The average Bonchev–Trinajstić information content (AvgIpc) is 2.61. The van der Waals surface area contributed by atoms with Crippen molar-refractivity contribution < 1.29 is 22.7 Å². The van der Waals surface area contributed by atoms with Gasteiger partial charge in [0.2, 0.25) is 0 Å². The lowest BCUT2D eigenvalue weighted by Gasteiger charge is -2.14. The lowest BCUT2D eigenvalue weighted by atomic mass is 10.2. The van der Waals surface area contributed by atoms with Crippen LogP contribution in [0.2, 0.25) is 5.02 Å². The van der Waals surface area contributed by atoms with Gasteiger partial charge >= 0.3 is 5.97 Å². The van der Waals surface area contributed by atoms with Crippen molar-refractivity contribution in [3.8, 4) is 0 Å². The molecule has 25 heavy (non-hydrogen) atoms. The van der Waals surface area contributed by atoms with Crippen LogP contribution in [-0.2, 0) is 22.5 Å². The second kappa shape index (κ2) is 8.70. The molecule has 0 spiro atoms. The predicted octanol–water partition coefficient (Wildman–Crippen LogP) is 3.27. The molecule has 0 amide bonds. The summed E-state index contributed by atoms with van der Waals surface area (Å²) < 4.78 is 39.7. The van der Waals surface area contributed by atoms with Gasteiger partial charge in [-0.05, 0) is 35.9 Å². The van der Waals surface area contributed by atoms with Gasteiger partial charge in [-0.25, -0.2) is 13.4 Å². The van der Waals surface area contributed by atoms with Crippen LogP contribution >= 0.6 is 11.6 Å². The second-order valence-electron chi connectivity index (χ2n) is 4.82. The molecular weight excluding hydrogens is 371 g/mol. The Morgan fingerprint density at radius 2 is 2.20 bits per heavy atom. The van der Waals surface area contributed by atoms with Crippen LogP contribution in [0.15, 0.2) is 42.7 Å². The molecule has 6 nitrogen and oxygen atoms in total. The quantitative estimate of drug-likeness (QED) is 0.610. The van der Waals surface area contributed by atoms with E-state index in [1.807, 2.05) is 0 Å². The molecular formula is C16H14ClFN2O4S. The molecule has 0 bridgehead atoms. The maximum atomic E-state index is 13.1. The number of carbonyl (C=O) groups is 1. The van der Waals surface area contributed by atoms with Crippen molar-refractivity contribution in [3.63, 3.8) is 0 Å². The molecule has 1 aromatic carbocycles. The SMILES string of the molecule is COC(=O)c1ccc(CN(C=Cc2ccc(F)c(Cl)c2)S(=O)O)nc1. The Hall–Kier alpha value is -2.29. The first kappa shape index (κ1) is 19.0. The molecule has 0 aliphatic carbocycles. The van der Waals surface area contributed by atoms with Gasteiger partial charge in [0.15, 0.2) is 0 Å². The molecule has 1 heterocycles. The van der Waals surface area contributed by atoms with E-state index in [0.717, 1.165) is 4.31 Å². The number of benzene rings is 1. The van der Waals surface area contributed by atoms with Crippen LogP contribution in [0, 0.1) is 5.82 Å². The molecule has 2 rings (SSSR count). The molecule has 9 heteroatoms. The molecule has 0 radical (unpaired) electrons. The normalized spacial score (nSPS) is 12.2. The minimum atomic E-state index is -2.30. The minimum absolute atomic E-state index is 0.0238. The third-order valence-corrected chi connectivity index (χ3v) is 4.08. The zero-order valence-electron chi connectivity index (χ0n) is 13.1. The van der Waals surface area contributed by atoms with Gasteiger partial charge in [-0.1, -0.05) is 17.7 Å². The van der Waals surface area contributed by atoms with E-state index < -0.39 is 23.1 Å². The number of nitrogens with zero attached hydrogens (tertiary/aromatic N) is 2. The largest absolute Gasteiger partial charge is 0.465 e. The molecule has 1 N–H and O–H groups in total. The summed E-state index contributed by atoms with van der Waals surface area (Å²) in [5.74, 6) is -1.06. The maximum absolute atomic E-state index is 13.1. The first-order valence-corrected chi connectivity index (χ1v) is 8.39. The van der Waals surface area contributed by atoms with Gasteiger partial charge in [-0.3, -0.25) is 13.8 Å². The van der Waals surface area contributed by atoms with Crippen molar-refractivity contribution in [1.29, 1.82) is 0 Å². The first-order chi connectivity index (χ1) is 11.9. The molecule has 1 aromatic heterocycles. The summed E-state index contributed by atoms with van der Waals surface area (Å²) >= 11 is 3.40. The number of esters is 1. The monoisotopic (exact) mass is 384 g/mol.